The van der Waals surface area contributed by atoms with E-state index in [9.17, 15) is 8.78 Å². The van der Waals surface area contributed by atoms with Crippen LogP contribution in [0.5, 0.6) is 0 Å². The number of hydrogen-bond acceptors (Lipinski definition) is 1. The Morgan fingerprint density at radius 1 is 1.00 bits per heavy atom. The van der Waals surface area contributed by atoms with Crippen LogP contribution in [0.1, 0.15) is 35.1 Å². The van der Waals surface area contributed by atoms with Crippen molar-refractivity contribution in [3.05, 3.63) is 82.9 Å². The SMILES string of the molecule is C=CCCCc1cc(F)c(C#Cc2ccc(C#N)cc2)c(F)c1. The average molecular weight is 307 g/mol. The number of allylic oxidation sites excluding steroid dienone is 1. The molecule has 0 bridgehead atoms. The molecule has 0 atom stereocenters. The topological polar surface area (TPSA) is 23.8 Å². The summed E-state index contributed by atoms with van der Waals surface area (Å²) in [6, 6.07) is 11.2. The number of benzene rings is 2. The third-order valence-corrected chi connectivity index (χ3v) is 3.32. The van der Waals surface area contributed by atoms with Crippen LogP contribution in [0.3, 0.4) is 0 Å². The van der Waals surface area contributed by atoms with Crippen LogP contribution >= 0.6 is 0 Å². The molecule has 23 heavy (non-hydrogen) atoms. The predicted octanol–water partition coefficient (Wildman–Crippen LogP) is 4.74. The van der Waals surface area contributed by atoms with Gasteiger partial charge >= 0.3 is 0 Å². The third-order valence-electron chi connectivity index (χ3n) is 3.32. The number of unbranched alkanes of at least 4 members (excludes halogenated alkanes) is 1. The Morgan fingerprint density at radius 2 is 1.61 bits per heavy atom. The maximum absolute atomic E-state index is 14.0. The minimum Gasteiger partial charge on any atom is -0.206 e. The van der Waals surface area contributed by atoms with E-state index < -0.39 is 11.6 Å². The summed E-state index contributed by atoms with van der Waals surface area (Å²) < 4.78 is 28.1. The molecule has 114 valence electrons. The van der Waals surface area contributed by atoms with Gasteiger partial charge in [0.15, 0.2) is 0 Å². The van der Waals surface area contributed by atoms with Crippen LogP contribution in [0.2, 0.25) is 0 Å². The quantitative estimate of drug-likeness (QED) is 0.454. The summed E-state index contributed by atoms with van der Waals surface area (Å²) in [7, 11) is 0. The van der Waals surface area contributed by atoms with Crippen LogP contribution in [0, 0.1) is 34.8 Å². The zero-order chi connectivity index (χ0) is 16.7. The van der Waals surface area contributed by atoms with Gasteiger partial charge in [0, 0.05) is 5.56 Å². The van der Waals surface area contributed by atoms with Crippen molar-refractivity contribution >= 4 is 0 Å². The molecule has 0 spiro atoms. The highest BCUT2D eigenvalue weighted by Crippen LogP contribution is 2.16. The van der Waals surface area contributed by atoms with Gasteiger partial charge in [-0.3, -0.25) is 0 Å². The van der Waals surface area contributed by atoms with Crippen LogP contribution in [0.4, 0.5) is 8.78 Å². The maximum Gasteiger partial charge on any atom is 0.142 e. The number of nitrogens with zero attached hydrogens (tertiary/aromatic N) is 1. The summed E-state index contributed by atoms with van der Waals surface area (Å²) in [6.07, 6.45) is 4.00. The summed E-state index contributed by atoms with van der Waals surface area (Å²) in [4.78, 5) is 0. The lowest BCUT2D eigenvalue weighted by molar-refractivity contribution is 0.573. The molecule has 2 aromatic carbocycles. The number of rotatable bonds is 4. The Morgan fingerprint density at radius 3 is 2.17 bits per heavy atom. The van der Waals surface area contributed by atoms with Gasteiger partial charge in [0.1, 0.15) is 11.6 Å². The van der Waals surface area contributed by atoms with E-state index >= 15 is 0 Å². The van der Waals surface area contributed by atoms with Crippen LogP contribution in [-0.2, 0) is 6.42 Å². The van der Waals surface area contributed by atoms with Crippen molar-refractivity contribution in [2.45, 2.75) is 19.3 Å². The second-order valence-electron chi connectivity index (χ2n) is 5.05. The Kier molecular flexibility index (Phi) is 5.67. The van der Waals surface area contributed by atoms with Gasteiger partial charge < -0.3 is 0 Å². The zero-order valence-electron chi connectivity index (χ0n) is 12.6. The fourth-order valence-corrected chi connectivity index (χ4v) is 2.10. The molecule has 0 radical (unpaired) electrons. The van der Waals surface area contributed by atoms with Crippen LogP contribution in [0.25, 0.3) is 0 Å². The molecule has 1 nitrogen and oxygen atoms in total. The molecular formula is C20H15F2N. The van der Waals surface area contributed by atoms with Crippen molar-refractivity contribution in [2.75, 3.05) is 0 Å². The van der Waals surface area contributed by atoms with Crippen molar-refractivity contribution in [1.82, 2.24) is 0 Å². The third kappa shape index (κ3) is 4.53. The molecule has 0 aliphatic carbocycles. The monoisotopic (exact) mass is 307 g/mol. The van der Waals surface area contributed by atoms with E-state index in [1.807, 2.05) is 6.07 Å². The number of halogens is 2. The maximum atomic E-state index is 14.0. The molecule has 0 heterocycles. The summed E-state index contributed by atoms with van der Waals surface area (Å²) in [6.45, 7) is 3.62. The van der Waals surface area contributed by atoms with E-state index in [1.165, 1.54) is 12.1 Å². The van der Waals surface area contributed by atoms with Gasteiger partial charge in [-0.05, 0) is 61.2 Å². The van der Waals surface area contributed by atoms with E-state index in [4.69, 9.17) is 5.26 Å². The summed E-state index contributed by atoms with van der Waals surface area (Å²) >= 11 is 0. The molecule has 3 heteroatoms. The van der Waals surface area contributed by atoms with Crippen molar-refractivity contribution < 1.29 is 8.78 Å². The summed E-state index contributed by atoms with van der Waals surface area (Å²) in [5.41, 5.74) is 1.49. The first-order valence-corrected chi connectivity index (χ1v) is 7.25. The molecule has 0 fully saturated rings. The minimum atomic E-state index is -0.653. The van der Waals surface area contributed by atoms with Crippen LogP contribution in [-0.4, -0.2) is 0 Å². The number of aryl methyl sites for hydroxylation is 1. The van der Waals surface area contributed by atoms with Gasteiger partial charge in [0.25, 0.3) is 0 Å². The predicted molar refractivity (Wildman–Crippen MR) is 86.6 cm³/mol. The Labute approximate surface area is 134 Å². The largest absolute Gasteiger partial charge is 0.206 e. The molecule has 0 aliphatic heterocycles. The van der Waals surface area contributed by atoms with E-state index in [0.717, 1.165) is 12.8 Å². The van der Waals surface area contributed by atoms with Gasteiger partial charge in [-0.25, -0.2) is 8.78 Å². The summed E-state index contributed by atoms with van der Waals surface area (Å²) in [5, 5.41) is 8.72. The van der Waals surface area contributed by atoms with Crippen LogP contribution in [0.15, 0.2) is 49.1 Å². The van der Waals surface area contributed by atoms with Crippen molar-refractivity contribution in [2.24, 2.45) is 0 Å². The van der Waals surface area contributed by atoms with Crippen LogP contribution < -0.4 is 0 Å². The highest BCUT2D eigenvalue weighted by atomic mass is 19.1. The lowest BCUT2D eigenvalue weighted by Gasteiger charge is -2.03. The molecule has 0 aromatic heterocycles. The molecule has 0 aliphatic rings. The molecule has 2 rings (SSSR count). The molecule has 0 unspecified atom stereocenters. The molecule has 0 saturated heterocycles. The lowest BCUT2D eigenvalue weighted by atomic mass is 10.0. The van der Waals surface area contributed by atoms with Gasteiger partial charge in [-0.15, -0.1) is 6.58 Å². The Hall–Kier alpha value is -2.91. The Bertz CT molecular complexity index is 779. The molecule has 0 saturated carbocycles. The normalized spacial score (nSPS) is 9.61. The van der Waals surface area contributed by atoms with Gasteiger partial charge in [-0.1, -0.05) is 17.9 Å². The molecular weight excluding hydrogens is 292 g/mol. The highest BCUT2D eigenvalue weighted by molar-refractivity contribution is 5.46. The van der Waals surface area contributed by atoms with Gasteiger partial charge in [0.2, 0.25) is 0 Å². The average Bonchev–Trinajstić information content (AvgIpc) is 2.55. The first kappa shape index (κ1) is 16.5. The zero-order valence-corrected chi connectivity index (χ0v) is 12.6. The van der Waals surface area contributed by atoms with Gasteiger partial charge in [0.05, 0.1) is 17.2 Å². The van der Waals surface area contributed by atoms with Crippen molar-refractivity contribution in [3.8, 4) is 17.9 Å². The fraction of sp³-hybridized carbons (Fsp3) is 0.150. The second-order valence-corrected chi connectivity index (χ2v) is 5.05. The van der Waals surface area contributed by atoms with E-state index in [2.05, 4.69) is 18.4 Å². The first-order chi connectivity index (χ1) is 11.1. The standard InChI is InChI=1S/C20H15F2N/c1-2-3-4-5-17-12-19(21)18(20(22)13-17)11-10-15-6-8-16(14-23)9-7-15/h2,6-9,12-13H,1,3-5H2. The molecule has 2 aromatic rings. The Balaban J connectivity index is 2.21. The van der Waals surface area contributed by atoms with E-state index in [0.29, 0.717) is 23.1 Å². The van der Waals surface area contributed by atoms with Crippen molar-refractivity contribution in [3.63, 3.8) is 0 Å². The van der Waals surface area contributed by atoms with Gasteiger partial charge in [-0.2, -0.15) is 5.26 Å². The second kappa shape index (κ2) is 7.92. The molecule has 0 amide bonds. The highest BCUT2D eigenvalue weighted by Gasteiger charge is 2.09. The fourth-order valence-electron chi connectivity index (χ4n) is 2.10. The first-order valence-electron chi connectivity index (χ1n) is 7.25. The number of hydrogen-bond donors (Lipinski definition) is 0. The lowest BCUT2D eigenvalue weighted by Crippen LogP contribution is -1.95. The smallest absolute Gasteiger partial charge is 0.142 e. The summed E-state index contributed by atoms with van der Waals surface area (Å²) in [5.74, 6) is 3.94. The minimum absolute atomic E-state index is 0.234. The van der Waals surface area contributed by atoms with E-state index in [1.54, 1.807) is 30.3 Å². The number of nitriles is 1. The van der Waals surface area contributed by atoms with Crippen molar-refractivity contribution in [1.29, 1.82) is 5.26 Å². The van der Waals surface area contributed by atoms with E-state index in [-0.39, 0.29) is 5.56 Å². The molecule has 0 N–H and O–H groups in total.